The number of allylic oxidation sites excluding steroid dienone is 9. The summed E-state index contributed by atoms with van der Waals surface area (Å²) in [6.45, 7) is 35.6. The van der Waals surface area contributed by atoms with Gasteiger partial charge in [0.25, 0.3) is 0 Å². The number of esters is 1. The van der Waals surface area contributed by atoms with E-state index in [-0.39, 0.29) is 114 Å². The number of nitrogens with zero attached hydrogens (tertiary/aromatic N) is 2. The van der Waals surface area contributed by atoms with E-state index in [0.717, 1.165) is 36.8 Å². The molecule has 0 aromatic heterocycles. The van der Waals surface area contributed by atoms with Crippen LogP contribution in [0.5, 0.6) is 0 Å². The van der Waals surface area contributed by atoms with Gasteiger partial charge in [-0.25, -0.2) is 9.59 Å². The second-order valence-corrected chi connectivity index (χ2v) is 34.8. The summed E-state index contributed by atoms with van der Waals surface area (Å²) in [5, 5.41) is 11.8. The number of halogens is 3. The van der Waals surface area contributed by atoms with Crippen LogP contribution in [0.4, 0.5) is 9.59 Å². The molecule has 2 aliphatic heterocycles. The number of carbonyl (C=O) groups excluding carboxylic acids is 13. The molecule has 26 heteroatoms. The third-order valence-electron chi connectivity index (χ3n) is 21.4. The van der Waals surface area contributed by atoms with Crippen LogP contribution in [0.1, 0.15) is 258 Å². The Labute approximate surface area is 743 Å². The molecule has 0 spiro atoms. The molecule has 6 N–H and O–H groups in total. The van der Waals surface area contributed by atoms with E-state index < -0.39 is 47.2 Å². The van der Waals surface area contributed by atoms with Crippen LogP contribution in [-0.4, -0.2) is 160 Å². The maximum Gasteiger partial charge on any atom is 0.408 e. The molecule has 8 atom stereocenters. The van der Waals surface area contributed by atoms with Crippen LogP contribution in [0.15, 0.2) is 130 Å². The smallest absolute Gasteiger partial charge is 0.408 e. The number of nitrogens with two attached hydrogens (primary N) is 1. The van der Waals surface area contributed by atoms with Crippen LogP contribution >= 0.6 is 48.8 Å². The lowest BCUT2D eigenvalue weighted by Crippen LogP contribution is -2.54. The fourth-order valence-electron chi connectivity index (χ4n) is 15.0. The van der Waals surface area contributed by atoms with E-state index in [1.54, 1.807) is 72.1 Å². The number of hydrogen-bond donors (Lipinski definition) is 5. The van der Waals surface area contributed by atoms with Gasteiger partial charge in [-0.1, -0.05) is 146 Å². The molecular weight excluding hydrogens is 1770 g/mol. The number of benzene rings is 2. The Bertz CT molecular complexity index is 3950. The zero-order valence-corrected chi connectivity index (χ0v) is 79.6. The summed E-state index contributed by atoms with van der Waals surface area (Å²) in [5.74, 6) is -1.37. The minimum Gasteiger partial charge on any atom is -0.466 e. The number of nitrogens with one attached hydrogen (secondary N) is 4. The van der Waals surface area contributed by atoms with Crippen molar-refractivity contribution >= 4 is 125 Å². The first kappa shape index (κ1) is 107. The van der Waals surface area contributed by atoms with Gasteiger partial charge in [0.2, 0.25) is 29.5 Å². The number of alkyl carbamates (subject to hydrolysis) is 1. The highest BCUT2D eigenvalue weighted by molar-refractivity contribution is 15.0. The fourth-order valence-corrected chi connectivity index (χ4v) is 15.0. The molecule has 2 fully saturated rings. The van der Waals surface area contributed by atoms with Gasteiger partial charge in [0.1, 0.15) is 23.7 Å². The van der Waals surface area contributed by atoms with Gasteiger partial charge < -0.3 is 51.0 Å². The summed E-state index contributed by atoms with van der Waals surface area (Å²) < 4.78 is 15.5. The lowest BCUT2D eigenvalue weighted by Gasteiger charge is -2.29. The quantitative estimate of drug-likeness (QED) is 0.00784. The molecule has 2 aromatic rings. The van der Waals surface area contributed by atoms with Gasteiger partial charge in [-0.2, -0.15) is 0 Å². The summed E-state index contributed by atoms with van der Waals surface area (Å²) in [7, 11) is 0. The van der Waals surface area contributed by atoms with Crippen LogP contribution in [0.2, 0.25) is 0 Å². The molecule has 4 aliphatic rings. The van der Waals surface area contributed by atoms with E-state index in [1.807, 2.05) is 101 Å². The van der Waals surface area contributed by atoms with E-state index in [9.17, 15) is 62.3 Å². The van der Waals surface area contributed by atoms with Crippen LogP contribution in [0, 0.1) is 35.5 Å². The summed E-state index contributed by atoms with van der Waals surface area (Å²) in [6, 6.07) is 16.5. The van der Waals surface area contributed by atoms with E-state index in [1.165, 1.54) is 0 Å². The molecule has 0 radical (unpaired) electrons. The largest absolute Gasteiger partial charge is 0.466 e. The van der Waals surface area contributed by atoms with E-state index in [2.05, 4.69) is 110 Å². The molecular formula is C94H138ClI2N7O16. The second kappa shape index (κ2) is 55.6. The van der Waals surface area contributed by atoms with Crippen molar-refractivity contribution in [3.05, 3.63) is 141 Å². The van der Waals surface area contributed by atoms with E-state index >= 15 is 0 Å². The van der Waals surface area contributed by atoms with Gasteiger partial charge in [-0.05, 0) is 227 Å². The molecule has 666 valence electrons. The predicted octanol–water partition coefficient (Wildman–Crippen LogP) is 17.4. The first-order valence-corrected chi connectivity index (χ1v) is 49.6. The van der Waals surface area contributed by atoms with E-state index in [4.69, 9.17) is 26.8 Å². The molecule has 2 saturated heterocycles. The summed E-state index contributed by atoms with van der Waals surface area (Å²) in [6.07, 6.45) is 19.1. The van der Waals surface area contributed by atoms with Crippen molar-refractivity contribution in [1.29, 1.82) is 0 Å². The van der Waals surface area contributed by atoms with Gasteiger partial charge in [-0.15, -0.1) is 0 Å². The zero-order valence-electron chi connectivity index (χ0n) is 74.5. The molecule has 6 rings (SSSR count). The number of unbranched alkanes of at least 4 members (excludes halogenated alkanes) is 3. The number of Topliss-reactive ketones (excluding diaryl/α,β-unsaturated/α-hetero) is 5. The lowest BCUT2D eigenvalue weighted by atomic mass is 9.84. The van der Waals surface area contributed by atoms with Crippen molar-refractivity contribution in [3.63, 3.8) is 0 Å². The highest BCUT2D eigenvalue weighted by Gasteiger charge is 2.41. The normalized spacial score (nSPS) is 17.3. The molecule has 2 aromatic carbocycles. The number of likely N-dealkylation sites (tertiary alicyclic amines) is 2. The molecule has 0 unspecified atom stereocenters. The first-order valence-electron chi connectivity index (χ1n) is 42.9. The van der Waals surface area contributed by atoms with Gasteiger partial charge in [0.05, 0.1) is 37.1 Å². The number of ketones is 5. The average molecular weight is 1910 g/mol. The summed E-state index contributed by atoms with van der Waals surface area (Å²) in [4.78, 5) is 170. The monoisotopic (exact) mass is 1910 g/mol. The number of hydrogen-bond acceptors (Lipinski definition) is 17. The molecule has 6 amide bonds. The Hall–Kier alpha value is -7.50. The maximum absolute atomic E-state index is 14.4. The average Bonchev–Trinajstić information content (AvgIpc) is 1.13. The molecule has 2 heterocycles. The minimum absolute atomic E-state index is 0.00677. The van der Waals surface area contributed by atoms with Gasteiger partial charge in [0, 0.05) is 125 Å². The van der Waals surface area contributed by atoms with Crippen molar-refractivity contribution in [2.75, 3.05) is 32.8 Å². The summed E-state index contributed by atoms with van der Waals surface area (Å²) >= 11 is 9.26. The topological polar surface area (TPSA) is 330 Å². The van der Waals surface area contributed by atoms with E-state index in [0.29, 0.717) is 179 Å². The van der Waals surface area contributed by atoms with Crippen molar-refractivity contribution in [1.82, 2.24) is 31.1 Å². The Morgan fingerprint density at radius 3 is 1.41 bits per heavy atom. The Kier molecular flexibility index (Phi) is 49.4. The van der Waals surface area contributed by atoms with Crippen molar-refractivity contribution in [3.8, 4) is 0 Å². The molecule has 2 aliphatic carbocycles. The van der Waals surface area contributed by atoms with Crippen LogP contribution in [0.3, 0.4) is 0 Å². The molecule has 0 bridgehead atoms. The molecule has 120 heavy (non-hydrogen) atoms. The molecule has 0 saturated carbocycles. The standard InChI is InChI=1S/C49H72N4O9.C32H51N3O3.C13H15ClO4.I2/c1-31(2)29-38(51-48(60)62-49(8,9)10)26-25-37(30-36-19-13-11-14-20-36)47(59)53-27-17-23-41(53)46(58)52-40(45(57)50-32(3)4)22-15-12-16-24-42(54)61-28-18-21-39-35(7)43(55)33(5)34(6)44(39)56;1-23(2)20-25(5)16-17-27(22-26-12-7-6-8-13-26)32(38)35-19-11-15-29(35)31(37)34-28(14-9-10-18-33)30(36)21-24(3)4;1-7-8(2)12(16)10(9(3)11(7)15)5-4-6-18-13(14)17;1-2/h11,13-14,19-20,25-26,31-32,37-38,40-41H,12,15-18,21-24,27-30H2,1-10H3,(H,50,57)(H,51,60)(H,52,58);6-8,12-13,16-17,23-25,27-29H,9-11,14-15,18-22,33H2,1-5H3,(H,34,37);4-6H2,1-3H3;/b26-25+;17-16+;;/t37-,38-,40+,41+;25-,27-,28+,29+;;/m11../s1. The first-order chi connectivity index (χ1) is 56.7. The second-order valence-electron chi connectivity index (χ2n) is 34.5. The zero-order chi connectivity index (χ0) is 90.1. The van der Waals surface area contributed by atoms with Crippen LogP contribution in [-0.2, 0) is 79.8 Å². The Morgan fingerprint density at radius 1 is 0.525 bits per heavy atom. The fraction of sp³-hybridized carbons (Fsp3) is 0.606. The van der Waals surface area contributed by atoms with Gasteiger partial charge >= 0.3 is 17.5 Å². The van der Waals surface area contributed by atoms with Gasteiger partial charge in [-0.3, -0.25) is 52.7 Å². The maximum atomic E-state index is 14.4. The molecule has 23 nitrogen and oxygen atoms in total. The highest BCUT2D eigenvalue weighted by Crippen LogP contribution is 2.31. The van der Waals surface area contributed by atoms with Crippen LogP contribution < -0.4 is 27.0 Å². The third-order valence-corrected chi connectivity index (χ3v) is 21.5. The predicted molar refractivity (Wildman–Crippen MR) is 491 cm³/mol. The SMILES string of the molecule is CC(C)CC(=O)[C@H](CCCCN)NC(=O)[C@@H]1CCCN1C(=O)[C@H](/C=C/[C@@H](C)CC(C)C)Cc1ccccc1.CC1=C(C)C(=O)C(CCCOC(=O)CCCCC[C@H](NC(=O)[C@@H]2CCCN2C(=O)[C@H](/C=C/[C@H](CC(C)C)NC(=O)OC(C)(C)C)Cc2ccccc2)C(=O)NC(C)C)=C(C)C1=O.CC1=C(C)C(=O)C(CCCOC(=O)Cl)=C(C)C1=O.II. The number of carbonyl (C=O) groups is 13. The highest BCUT2D eigenvalue weighted by atomic mass is 128. The van der Waals surface area contributed by atoms with Gasteiger partial charge in [0.15, 0.2) is 28.9 Å². The van der Waals surface area contributed by atoms with Crippen molar-refractivity contribution in [2.45, 2.75) is 301 Å². The Morgan fingerprint density at radius 2 is 0.967 bits per heavy atom. The number of amides is 6. The summed E-state index contributed by atoms with van der Waals surface area (Å²) in [5.41, 5.74) is 10.0. The number of rotatable bonds is 42. The Balaban J connectivity index is 0.000000538. The van der Waals surface area contributed by atoms with Crippen LogP contribution in [0.25, 0.3) is 0 Å². The van der Waals surface area contributed by atoms with Crippen molar-refractivity contribution in [2.24, 2.45) is 41.2 Å². The third kappa shape index (κ3) is 38.1. The number of ether oxygens (including phenoxy) is 3. The minimum atomic E-state index is -0.862. The van der Waals surface area contributed by atoms with Crippen molar-refractivity contribution < 1.29 is 76.5 Å². The lowest BCUT2D eigenvalue weighted by molar-refractivity contribution is -0.144.